The Bertz CT molecular complexity index is 1630. The van der Waals surface area contributed by atoms with Crippen molar-refractivity contribution >= 4 is 46.9 Å². The second-order valence-electron chi connectivity index (χ2n) is 10.3. The SMILES string of the molecule is CCOC(=O)C(C)(Oc1cccc(NC(=O)CCc2ccc(Sc3cccc(OCc4ccccc4)c3)cc2Cl)c1)C(=O)OCC. The number of amides is 1. The third kappa shape index (κ3) is 9.76. The molecule has 46 heavy (non-hydrogen) atoms. The monoisotopic (exact) mass is 661 g/mol. The van der Waals surface area contributed by atoms with Crippen LogP contribution in [-0.2, 0) is 36.9 Å². The highest BCUT2D eigenvalue weighted by molar-refractivity contribution is 7.99. The van der Waals surface area contributed by atoms with Crippen LogP contribution in [0.25, 0.3) is 0 Å². The number of halogens is 1. The molecule has 1 N–H and O–H groups in total. The van der Waals surface area contributed by atoms with Gasteiger partial charge in [0.15, 0.2) is 0 Å². The van der Waals surface area contributed by atoms with Gasteiger partial charge >= 0.3 is 11.9 Å². The summed E-state index contributed by atoms with van der Waals surface area (Å²) in [5, 5.41) is 3.40. The lowest BCUT2D eigenvalue weighted by Crippen LogP contribution is -2.51. The van der Waals surface area contributed by atoms with Gasteiger partial charge in [0.05, 0.1) is 13.2 Å². The predicted molar refractivity (Wildman–Crippen MR) is 178 cm³/mol. The highest BCUT2D eigenvalue weighted by Crippen LogP contribution is 2.33. The lowest BCUT2D eigenvalue weighted by Gasteiger charge is -2.26. The number of esters is 2. The second kappa shape index (κ2) is 16.7. The van der Waals surface area contributed by atoms with Crippen LogP contribution in [-0.4, -0.2) is 36.7 Å². The number of carbonyl (C=O) groups is 3. The molecule has 0 aliphatic rings. The lowest BCUT2D eigenvalue weighted by atomic mass is 10.1. The van der Waals surface area contributed by atoms with Crippen LogP contribution in [0.5, 0.6) is 11.5 Å². The van der Waals surface area contributed by atoms with Crippen LogP contribution >= 0.6 is 23.4 Å². The van der Waals surface area contributed by atoms with E-state index in [1.54, 1.807) is 43.8 Å². The van der Waals surface area contributed by atoms with E-state index in [4.69, 9.17) is 30.5 Å². The predicted octanol–water partition coefficient (Wildman–Crippen LogP) is 7.91. The molecule has 0 atom stereocenters. The molecule has 0 saturated heterocycles. The van der Waals surface area contributed by atoms with Crippen molar-refractivity contribution in [3.63, 3.8) is 0 Å². The topological polar surface area (TPSA) is 100 Å². The Labute approximate surface area is 278 Å². The molecule has 0 unspecified atom stereocenters. The van der Waals surface area contributed by atoms with Crippen LogP contribution in [0, 0.1) is 0 Å². The van der Waals surface area contributed by atoms with Gasteiger partial charge in [-0.15, -0.1) is 0 Å². The summed E-state index contributed by atoms with van der Waals surface area (Å²) in [6.45, 7) is 5.18. The van der Waals surface area contributed by atoms with Gasteiger partial charge in [0.1, 0.15) is 18.1 Å². The number of hydrogen-bond acceptors (Lipinski definition) is 8. The van der Waals surface area contributed by atoms with Crippen molar-refractivity contribution in [3.05, 3.63) is 113 Å². The first kappa shape index (κ1) is 34.4. The summed E-state index contributed by atoms with van der Waals surface area (Å²) < 4.78 is 21.8. The van der Waals surface area contributed by atoms with Crippen LogP contribution in [0.4, 0.5) is 5.69 Å². The zero-order valence-corrected chi connectivity index (χ0v) is 27.5. The van der Waals surface area contributed by atoms with Gasteiger partial charge in [-0.3, -0.25) is 4.79 Å². The number of anilines is 1. The summed E-state index contributed by atoms with van der Waals surface area (Å²) in [6.07, 6.45) is 0.611. The standard InChI is InChI=1S/C36H36ClNO7S/c1-4-42-34(40)36(3,35(41)43-5-2)45-29-15-9-13-27(21-29)38-33(39)20-18-26-17-19-31(23-32(26)37)46-30-16-10-14-28(22-30)44-24-25-11-7-6-8-12-25/h6-17,19,21-23H,4-5,18,20,24H2,1-3H3,(H,38,39). The zero-order chi connectivity index (χ0) is 32.9. The minimum atomic E-state index is -2.01. The van der Waals surface area contributed by atoms with E-state index >= 15 is 0 Å². The Hall–Kier alpha value is -4.47. The van der Waals surface area contributed by atoms with E-state index in [9.17, 15) is 14.4 Å². The molecule has 0 aromatic heterocycles. The van der Waals surface area contributed by atoms with E-state index in [0.29, 0.717) is 23.7 Å². The summed E-state index contributed by atoms with van der Waals surface area (Å²) in [4.78, 5) is 39.9. The average molecular weight is 662 g/mol. The molecule has 0 spiro atoms. The maximum atomic E-state index is 12.8. The van der Waals surface area contributed by atoms with Crippen molar-refractivity contribution in [1.29, 1.82) is 0 Å². The first-order chi connectivity index (χ1) is 22.2. The number of ether oxygens (including phenoxy) is 4. The van der Waals surface area contributed by atoms with E-state index in [1.807, 2.05) is 72.8 Å². The number of carbonyl (C=O) groups excluding carboxylic acids is 3. The van der Waals surface area contributed by atoms with Crippen LogP contribution in [0.15, 0.2) is 107 Å². The largest absolute Gasteiger partial charge is 0.489 e. The van der Waals surface area contributed by atoms with Gasteiger partial charge in [-0.25, -0.2) is 9.59 Å². The van der Waals surface area contributed by atoms with E-state index in [-0.39, 0.29) is 31.3 Å². The Morgan fingerprint density at radius 1 is 0.783 bits per heavy atom. The van der Waals surface area contributed by atoms with Crippen molar-refractivity contribution in [2.45, 2.75) is 55.6 Å². The third-order valence-electron chi connectivity index (χ3n) is 6.71. The number of hydrogen-bond donors (Lipinski definition) is 1. The van der Waals surface area contributed by atoms with Gasteiger partial charge in [0.25, 0.3) is 5.60 Å². The number of aryl methyl sites for hydroxylation is 1. The molecule has 240 valence electrons. The van der Waals surface area contributed by atoms with Crippen molar-refractivity contribution < 1.29 is 33.3 Å². The average Bonchev–Trinajstić information content (AvgIpc) is 3.04. The van der Waals surface area contributed by atoms with E-state index in [0.717, 1.165) is 26.7 Å². The minimum absolute atomic E-state index is 0.0672. The number of benzene rings is 4. The Kier molecular flexibility index (Phi) is 12.5. The molecular weight excluding hydrogens is 626 g/mol. The van der Waals surface area contributed by atoms with Crippen molar-refractivity contribution in [2.75, 3.05) is 18.5 Å². The molecule has 0 bridgehead atoms. The number of rotatable bonds is 15. The van der Waals surface area contributed by atoms with Crippen LogP contribution in [0.3, 0.4) is 0 Å². The summed E-state index contributed by atoms with van der Waals surface area (Å²) >= 11 is 8.18. The maximum Gasteiger partial charge on any atom is 0.362 e. The molecule has 0 aliphatic carbocycles. The third-order valence-corrected chi connectivity index (χ3v) is 8.04. The molecule has 4 rings (SSSR count). The van der Waals surface area contributed by atoms with Gasteiger partial charge in [0.2, 0.25) is 5.91 Å². The first-order valence-corrected chi connectivity index (χ1v) is 16.1. The van der Waals surface area contributed by atoms with Crippen LogP contribution in [0.1, 0.15) is 38.3 Å². The number of nitrogens with one attached hydrogen (secondary N) is 1. The van der Waals surface area contributed by atoms with E-state index in [1.165, 1.54) is 13.0 Å². The molecule has 0 fully saturated rings. The normalized spacial score (nSPS) is 11.0. The molecule has 10 heteroatoms. The second-order valence-corrected chi connectivity index (χ2v) is 11.8. The van der Waals surface area contributed by atoms with Crippen molar-refractivity contribution in [2.24, 2.45) is 0 Å². The van der Waals surface area contributed by atoms with Crippen molar-refractivity contribution in [3.8, 4) is 11.5 Å². The molecular formula is C36H36ClNO7S. The molecule has 0 aliphatic heterocycles. The van der Waals surface area contributed by atoms with Crippen LogP contribution in [0.2, 0.25) is 5.02 Å². The molecule has 0 heterocycles. The molecule has 1 amide bonds. The van der Waals surface area contributed by atoms with E-state index < -0.39 is 17.5 Å². The summed E-state index contributed by atoms with van der Waals surface area (Å²) in [5.74, 6) is -1.01. The molecule has 0 radical (unpaired) electrons. The van der Waals surface area contributed by atoms with Gasteiger partial charge in [-0.05, 0) is 80.8 Å². The van der Waals surface area contributed by atoms with E-state index in [2.05, 4.69) is 5.32 Å². The maximum absolute atomic E-state index is 12.8. The zero-order valence-electron chi connectivity index (χ0n) is 25.9. The fourth-order valence-corrected chi connectivity index (χ4v) is 5.59. The molecule has 4 aromatic carbocycles. The fraction of sp³-hybridized carbons (Fsp3) is 0.250. The first-order valence-electron chi connectivity index (χ1n) is 14.9. The van der Waals surface area contributed by atoms with Gasteiger partial charge in [-0.2, -0.15) is 0 Å². The Morgan fingerprint density at radius 2 is 1.46 bits per heavy atom. The molecule has 4 aromatic rings. The fourth-order valence-electron chi connectivity index (χ4n) is 4.35. The van der Waals surface area contributed by atoms with Crippen molar-refractivity contribution in [1.82, 2.24) is 0 Å². The summed E-state index contributed by atoms with van der Waals surface area (Å²) in [5.41, 5.74) is 0.376. The van der Waals surface area contributed by atoms with Gasteiger partial charge in [0, 0.05) is 33.0 Å². The Balaban J connectivity index is 1.32. The highest BCUT2D eigenvalue weighted by Gasteiger charge is 2.47. The van der Waals surface area contributed by atoms with Gasteiger partial charge < -0.3 is 24.3 Å². The minimum Gasteiger partial charge on any atom is -0.489 e. The summed E-state index contributed by atoms with van der Waals surface area (Å²) in [7, 11) is 0. The van der Waals surface area contributed by atoms with Gasteiger partial charge in [-0.1, -0.05) is 71.9 Å². The highest BCUT2D eigenvalue weighted by atomic mass is 35.5. The quantitative estimate of drug-likeness (QED) is 0.101. The Morgan fingerprint density at radius 3 is 2.15 bits per heavy atom. The van der Waals surface area contributed by atoms with Crippen LogP contribution < -0.4 is 14.8 Å². The summed E-state index contributed by atoms with van der Waals surface area (Å²) in [6, 6.07) is 30.1. The molecule has 8 nitrogen and oxygen atoms in total. The smallest absolute Gasteiger partial charge is 0.362 e. The molecule has 0 saturated carbocycles. The lowest BCUT2D eigenvalue weighted by molar-refractivity contribution is -0.177.